The molecular formula is C14H13N3O4. The number of rotatable bonds is 5. The molecule has 2 aromatic rings. The van der Waals surface area contributed by atoms with Gasteiger partial charge in [-0.2, -0.15) is 0 Å². The molecule has 0 unspecified atom stereocenters. The minimum atomic E-state index is -1.08. The minimum Gasteiger partial charge on any atom is -0.478 e. The number of nitrogens with one attached hydrogen (secondary N) is 1. The van der Waals surface area contributed by atoms with Gasteiger partial charge in [0.2, 0.25) is 0 Å². The number of nitrogens with zero attached hydrogens (tertiary/aromatic N) is 2. The molecule has 0 amide bonds. The summed E-state index contributed by atoms with van der Waals surface area (Å²) in [7, 11) is 0. The summed E-state index contributed by atoms with van der Waals surface area (Å²) in [5.74, 6) is -0.835. The Balaban J connectivity index is 2.20. The number of anilines is 1. The summed E-state index contributed by atoms with van der Waals surface area (Å²) in [4.78, 5) is 25.5. The molecular weight excluding hydrogens is 274 g/mol. The van der Waals surface area contributed by atoms with Crippen LogP contribution in [0.4, 0.5) is 11.5 Å². The topological polar surface area (TPSA) is 105 Å². The summed E-state index contributed by atoms with van der Waals surface area (Å²) < 4.78 is 0. The van der Waals surface area contributed by atoms with Crippen molar-refractivity contribution in [2.45, 2.75) is 13.5 Å². The number of nitro groups is 1. The van der Waals surface area contributed by atoms with Gasteiger partial charge in [-0.05, 0) is 24.6 Å². The lowest BCUT2D eigenvalue weighted by Crippen LogP contribution is -2.09. The van der Waals surface area contributed by atoms with E-state index in [1.54, 1.807) is 25.1 Å². The third-order valence-electron chi connectivity index (χ3n) is 2.85. The number of hydrogen-bond donors (Lipinski definition) is 2. The second kappa shape index (κ2) is 6.00. The van der Waals surface area contributed by atoms with Crippen molar-refractivity contribution in [3.8, 4) is 0 Å². The molecule has 1 heterocycles. The molecule has 0 saturated heterocycles. The van der Waals surface area contributed by atoms with Gasteiger partial charge in [0.15, 0.2) is 0 Å². The van der Waals surface area contributed by atoms with Gasteiger partial charge >= 0.3 is 5.97 Å². The number of pyridine rings is 1. The predicted molar refractivity (Wildman–Crippen MR) is 76.4 cm³/mol. The van der Waals surface area contributed by atoms with Crippen molar-refractivity contribution in [2.75, 3.05) is 5.32 Å². The van der Waals surface area contributed by atoms with Crippen LogP contribution in [-0.4, -0.2) is 21.0 Å². The van der Waals surface area contributed by atoms with Gasteiger partial charge in [-0.15, -0.1) is 0 Å². The normalized spacial score (nSPS) is 10.1. The Hall–Kier alpha value is -2.96. The van der Waals surface area contributed by atoms with Gasteiger partial charge in [0, 0.05) is 24.4 Å². The van der Waals surface area contributed by atoms with Crippen molar-refractivity contribution in [3.05, 3.63) is 63.3 Å². The Bertz CT molecular complexity index is 700. The van der Waals surface area contributed by atoms with Crippen LogP contribution in [0, 0.1) is 17.0 Å². The number of carboxylic acids is 1. The quantitative estimate of drug-likeness (QED) is 0.646. The van der Waals surface area contributed by atoms with Crippen molar-refractivity contribution in [2.24, 2.45) is 0 Å². The fraction of sp³-hybridized carbons (Fsp3) is 0.143. The average molecular weight is 287 g/mol. The molecule has 7 nitrogen and oxygen atoms in total. The highest BCUT2D eigenvalue weighted by atomic mass is 16.6. The molecule has 0 radical (unpaired) electrons. The predicted octanol–water partition coefficient (Wildman–Crippen LogP) is 2.61. The van der Waals surface area contributed by atoms with Crippen molar-refractivity contribution >= 4 is 17.5 Å². The molecule has 2 N–H and O–H groups in total. The van der Waals surface area contributed by atoms with E-state index < -0.39 is 10.9 Å². The second-order valence-electron chi connectivity index (χ2n) is 4.43. The van der Waals surface area contributed by atoms with E-state index in [-0.39, 0.29) is 23.6 Å². The van der Waals surface area contributed by atoms with Crippen LogP contribution in [-0.2, 0) is 6.54 Å². The van der Waals surface area contributed by atoms with E-state index in [1.807, 2.05) is 0 Å². The van der Waals surface area contributed by atoms with E-state index in [1.165, 1.54) is 18.2 Å². The Labute approximate surface area is 120 Å². The van der Waals surface area contributed by atoms with Crippen LogP contribution in [0.25, 0.3) is 0 Å². The summed E-state index contributed by atoms with van der Waals surface area (Å²) in [5.41, 5.74) is 1.40. The van der Waals surface area contributed by atoms with Crippen LogP contribution in [0.2, 0.25) is 0 Å². The molecule has 21 heavy (non-hydrogen) atoms. The van der Waals surface area contributed by atoms with Gasteiger partial charge < -0.3 is 10.4 Å². The number of carbonyl (C=O) groups is 1. The van der Waals surface area contributed by atoms with Gasteiger partial charge in [0.25, 0.3) is 5.69 Å². The van der Waals surface area contributed by atoms with Crippen LogP contribution < -0.4 is 5.32 Å². The number of non-ortho nitro benzene ring substituents is 1. The fourth-order valence-electron chi connectivity index (χ4n) is 1.83. The molecule has 1 aromatic carbocycles. The molecule has 1 aromatic heterocycles. The molecule has 0 fully saturated rings. The van der Waals surface area contributed by atoms with Crippen molar-refractivity contribution in [3.63, 3.8) is 0 Å². The van der Waals surface area contributed by atoms with Crippen LogP contribution in [0.1, 0.15) is 21.6 Å². The highest BCUT2D eigenvalue weighted by molar-refractivity contribution is 5.93. The number of aryl methyl sites for hydroxylation is 1. The zero-order valence-electron chi connectivity index (χ0n) is 11.2. The Morgan fingerprint density at radius 1 is 1.38 bits per heavy atom. The summed E-state index contributed by atoms with van der Waals surface area (Å²) >= 11 is 0. The lowest BCUT2D eigenvalue weighted by molar-refractivity contribution is -0.384. The molecule has 0 aliphatic carbocycles. The van der Waals surface area contributed by atoms with Crippen LogP contribution in [0.15, 0.2) is 36.4 Å². The first kappa shape index (κ1) is 14.4. The number of hydrogen-bond acceptors (Lipinski definition) is 5. The first-order valence-corrected chi connectivity index (χ1v) is 6.15. The zero-order chi connectivity index (χ0) is 15.4. The minimum absolute atomic E-state index is 0.00930. The zero-order valence-corrected chi connectivity index (χ0v) is 11.2. The summed E-state index contributed by atoms with van der Waals surface area (Å²) in [6.45, 7) is 2.00. The first-order chi connectivity index (χ1) is 9.97. The van der Waals surface area contributed by atoms with E-state index in [4.69, 9.17) is 5.11 Å². The molecule has 7 heteroatoms. The van der Waals surface area contributed by atoms with Crippen molar-refractivity contribution in [1.29, 1.82) is 0 Å². The summed E-state index contributed by atoms with van der Waals surface area (Å²) in [6.07, 6.45) is 0. The third kappa shape index (κ3) is 3.53. The number of nitro benzene ring substituents is 1. The molecule has 0 spiro atoms. The lowest BCUT2D eigenvalue weighted by atomic mass is 10.2. The van der Waals surface area contributed by atoms with Crippen LogP contribution in [0.3, 0.4) is 0 Å². The Morgan fingerprint density at radius 2 is 2.14 bits per heavy atom. The molecule has 2 rings (SSSR count). The molecule has 0 bridgehead atoms. The molecule has 0 saturated carbocycles. The van der Waals surface area contributed by atoms with E-state index in [9.17, 15) is 14.9 Å². The number of aromatic nitrogens is 1. The third-order valence-corrected chi connectivity index (χ3v) is 2.85. The Kier molecular flexibility index (Phi) is 4.13. The number of benzene rings is 1. The van der Waals surface area contributed by atoms with Crippen LogP contribution >= 0.6 is 0 Å². The lowest BCUT2D eigenvalue weighted by Gasteiger charge is -2.09. The van der Waals surface area contributed by atoms with E-state index >= 15 is 0 Å². The van der Waals surface area contributed by atoms with Crippen molar-refractivity contribution in [1.82, 2.24) is 4.98 Å². The summed E-state index contributed by atoms with van der Waals surface area (Å²) in [6, 6.07) is 9.22. The van der Waals surface area contributed by atoms with Gasteiger partial charge in [0.1, 0.15) is 11.4 Å². The van der Waals surface area contributed by atoms with Gasteiger partial charge in [-0.3, -0.25) is 10.1 Å². The summed E-state index contributed by atoms with van der Waals surface area (Å²) in [5, 5.41) is 22.7. The Morgan fingerprint density at radius 3 is 2.81 bits per heavy atom. The molecule has 108 valence electrons. The fourth-order valence-corrected chi connectivity index (χ4v) is 1.83. The molecule has 0 aliphatic rings. The second-order valence-corrected chi connectivity index (χ2v) is 4.43. The van der Waals surface area contributed by atoms with Gasteiger partial charge in [0.05, 0.1) is 4.92 Å². The van der Waals surface area contributed by atoms with E-state index in [0.717, 1.165) is 0 Å². The maximum Gasteiger partial charge on any atom is 0.339 e. The average Bonchev–Trinajstić information content (AvgIpc) is 2.45. The van der Waals surface area contributed by atoms with Crippen LogP contribution in [0.5, 0.6) is 0 Å². The first-order valence-electron chi connectivity index (χ1n) is 6.15. The molecule has 0 aliphatic heterocycles. The maximum absolute atomic E-state index is 11.1. The van der Waals surface area contributed by atoms with E-state index in [2.05, 4.69) is 10.3 Å². The van der Waals surface area contributed by atoms with E-state index in [0.29, 0.717) is 11.3 Å². The largest absolute Gasteiger partial charge is 0.478 e. The standard InChI is InChI=1S/C14H13N3O4/c1-9-5-6-12(14(18)19)13(16-9)15-8-10-3-2-4-11(7-10)17(20)21/h2-7H,8H2,1H3,(H,15,16)(H,18,19). The van der Waals surface area contributed by atoms with Gasteiger partial charge in [-0.25, -0.2) is 9.78 Å². The number of carboxylic acid groups (broad SMARTS) is 1. The monoisotopic (exact) mass is 287 g/mol. The SMILES string of the molecule is Cc1ccc(C(=O)O)c(NCc2cccc([N+](=O)[O-])c2)n1. The highest BCUT2D eigenvalue weighted by Gasteiger charge is 2.12. The maximum atomic E-state index is 11.1. The smallest absolute Gasteiger partial charge is 0.339 e. The number of aromatic carboxylic acids is 1. The van der Waals surface area contributed by atoms with Crippen molar-refractivity contribution < 1.29 is 14.8 Å². The molecule has 0 atom stereocenters. The van der Waals surface area contributed by atoms with Gasteiger partial charge in [-0.1, -0.05) is 12.1 Å². The highest BCUT2D eigenvalue weighted by Crippen LogP contribution is 2.17.